The molecule has 0 aromatic carbocycles. The van der Waals surface area contributed by atoms with E-state index in [1.807, 2.05) is 4.90 Å². The van der Waals surface area contributed by atoms with Crippen molar-refractivity contribution in [2.75, 3.05) is 19.6 Å². The first-order chi connectivity index (χ1) is 8.33. The van der Waals surface area contributed by atoms with E-state index in [1.165, 1.54) is 0 Å². The third-order valence-corrected chi connectivity index (χ3v) is 3.18. The molecule has 17 heavy (non-hydrogen) atoms. The van der Waals surface area contributed by atoms with Gasteiger partial charge in [-0.3, -0.25) is 4.57 Å². The molecule has 0 saturated carbocycles. The summed E-state index contributed by atoms with van der Waals surface area (Å²) in [4.78, 5) is 18.2. The molecule has 1 saturated heterocycles. The Hall–Kier alpha value is -1.36. The zero-order valence-corrected chi connectivity index (χ0v) is 10.3. The first kappa shape index (κ1) is 12.1. The Balaban J connectivity index is 2.07. The Kier molecular flexibility index (Phi) is 4.14. The van der Waals surface area contributed by atoms with E-state index in [0.717, 1.165) is 38.9 Å². The summed E-state index contributed by atoms with van der Waals surface area (Å²) in [5, 5.41) is 3.33. The van der Waals surface area contributed by atoms with Crippen molar-refractivity contribution in [3.8, 4) is 0 Å². The van der Waals surface area contributed by atoms with Gasteiger partial charge in [0.1, 0.15) is 6.33 Å². The molecule has 2 heterocycles. The van der Waals surface area contributed by atoms with Crippen LogP contribution in [0, 0.1) is 0 Å². The van der Waals surface area contributed by atoms with E-state index in [2.05, 4.69) is 17.2 Å². The zero-order chi connectivity index (χ0) is 12.1. The number of carbonyl (C=O) groups is 1. The predicted molar refractivity (Wildman–Crippen MR) is 65.9 cm³/mol. The van der Waals surface area contributed by atoms with Gasteiger partial charge < -0.3 is 10.2 Å². The minimum absolute atomic E-state index is 0.0521. The van der Waals surface area contributed by atoms with Crippen molar-refractivity contribution < 1.29 is 4.79 Å². The van der Waals surface area contributed by atoms with Crippen LogP contribution in [0.3, 0.4) is 0 Å². The van der Waals surface area contributed by atoms with Gasteiger partial charge in [0, 0.05) is 25.0 Å². The lowest BCUT2D eigenvalue weighted by atomic mass is 10.0. The second-order valence-corrected chi connectivity index (χ2v) is 4.43. The number of nitrogens with one attached hydrogen (secondary N) is 1. The summed E-state index contributed by atoms with van der Waals surface area (Å²) in [6.07, 6.45) is 8.01. The molecule has 1 N–H and O–H groups in total. The van der Waals surface area contributed by atoms with Crippen LogP contribution in [0.1, 0.15) is 26.2 Å². The van der Waals surface area contributed by atoms with Gasteiger partial charge >= 0.3 is 6.03 Å². The monoisotopic (exact) mass is 236 g/mol. The Morgan fingerprint density at radius 2 is 2.29 bits per heavy atom. The Morgan fingerprint density at radius 1 is 1.53 bits per heavy atom. The maximum absolute atomic E-state index is 12.3. The van der Waals surface area contributed by atoms with Crippen LogP contribution >= 0.6 is 0 Å². The fourth-order valence-corrected chi connectivity index (χ4v) is 2.31. The molecule has 1 fully saturated rings. The molecule has 1 aromatic rings. The summed E-state index contributed by atoms with van der Waals surface area (Å²) in [5.74, 6) is 0. The van der Waals surface area contributed by atoms with E-state index in [9.17, 15) is 4.79 Å². The van der Waals surface area contributed by atoms with Crippen LogP contribution in [0.15, 0.2) is 18.7 Å². The maximum Gasteiger partial charge on any atom is 0.329 e. The molecular formula is C12H20N4O. The minimum Gasteiger partial charge on any atom is -0.321 e. The summed E-state index contributed by atoms with van der Waals surface area (Å²) >= 11 is 0. The molecule has 0 atom stereocenters. The van der Waals surface area contributed by atoms with Crippen LogP contribution in [-0.2, 0) is 0 Å². The molecule has 2 rings (SSSR count). The fraction of sp³-hybridized carbons (Fsp3) is 0.667. The zero-order valence-electron chi connectivity index (χ0n) is 10.3. The molecule has 0 spiro atoms. The van der Waals surface area contributed by atoms with Crippen molar-refractivity contribution >= 4 is 6.03 Å². The molecule has 1 aliphatic rings. The number of nitrogens with zero attached hydrogens (tertiary/aromatic N) is 3. The highest BCUT2D eigenvalue weighted by atomic mass is 16.2. The highest BCUT2D eigenvalue weighted by Gasteiger charge is 2.25. The standard InChI is InChI=1S/C12H20N4O/c1-2-8-16(11-3-5-13-6-4-11)12(17)15-9-7-14-10-15/h7,9-11,13H,2-6,8H2,1H3. The number of carbonyl (C=O) groups excluding carboxylic acids is 1. The summed E-state index contributed by atoms with van der Waals surface area (Å²) in [5.41, 5.74) is 0. The summed E-state index contributed by atoms with van der Waals surface area (Å²) < 4.78 is 1.57. The summed E-state index contributed by atoms with van der Waals surface area (Å²) in [6.45, 7) is 4.93. The van der Waals surface area contributed by atoms with Gasteiger partial charge in [-0.25, -0.2) is 9.78 Å². The fourth-order valence-electron chi connectivity index (χ4n) is 2.31. The predicted octanol–water partition coefficient (Wildman–Crippen LogP) is 1.32. The first-order valence-electron chi connectivity index (χ1n) is 6.32. The third kappa shape index (κ3) is 2.85. The summed E-state index contributed by atoms with van der Waals surface area (Å²) in [6, 6.07) is 0.419. The molecule has 0 aliphatic carbocycles. The van der Waals surface area contributed by atoms with Gasteiger partial charge in [0.25, 0.3) is 0 Å². The van der Waals surface area contributed by atoms with Crippen molar-refractivity contribution in [2.24, 2.45) is 0 Å². The average molecular weight is 236 g/mol. The minimum atomic E-state index is 0.0521. The van der Waals surface area contributed by atoms with Crippen LogP contribution in [0.5, 0.6) is 0 Å². The van der Waals surface area contributed by atoms with Gasteiger partial charge in [0.15, 0.2) is 0 Å². The van der Waals surface area contributed by atoms with Gasteiger partial charge in [-0.05, 0) is 32.4 Å². The molecule has 0 radical (unpaired) electrons. The first-order valence-corrected chi connectivity index (χ1v) is 6.32. The molecule has 0 unspecified atom stereocenters. The van der Waals surface area contributed by atoms with E-state index in [1.54, 1.807) is 23.3 Å². The molecule has 1 aliphatic heterocycles. The number of hydrogen-bond acceptors (Lipinski definition) is 3. The molecule has 5 nitrogen and oxygen atoms in total. The van der Waals surface area contributed by atoms with Crippen LogP contribution < -0.4 is 5.32 Å². The summed E-state index contributed by atoms with van der Waals surface area (Å²) in [7, 11) is 0. The lowest BCUT2D eigenvalue weighted by Crippen LogP contribution is -2.47. The van der Waals surface area contributed by atoms with Crippen LogP contribution in [0.4, 0.5) is 4.79 Å². The molecule has 1 aromatic heterocycles. The van der Waals surface area contributed by atoms with Gasteiger partial charge in [0.2, 0.25) is 0 Å². The molecular weight excluding hydrogens is 216 g/mol. The van der Waals surface area contributed by atoms with Crippen LogP contribution in [-0.4, -0.2) is 46.2 Å². The number of rotatable bonds is 3. The lowest BCUT2D eigenvalue weighted by Gasteiger charge is -2.34. The second-order valence-electron chi connectivity index (χ2n) is 4.43. The lowest BCUT2D eigenvalue weighted by molar-refractivity contribution is 0.160. The average Bonchev–Trinajstić information content (AvgIpc) is 2.90. The van der Waals surface area contributed by atoms with E-state index in [-0.39, 0.29) is 6.03 Å². The molecule has 94 valence electrons. The number of amides is 1. The Labute approximate surface area is 102 Å². The maximum atomic E-state index is 12.3. The Morgan fingerprint density at radius 3 is 2.88 bits per heavy atom. The topological polar surface area (TPSA) is 50.2 Å². The SMILES string of the molecule is CCCN(C(=O)n1ccnc1)C1CCNCC1. The second kappa shape index (κ2) is 5.82. The van der Waals surface area contributed by atoms with E-state index in [0.29, 0.717) is 6.04 Å². The van der Waals surface area contributed by atoms with E-state index >= 15 is 0 Å². The molecule has 5 heteroatoms. The van der Waals surface area contributed by atoms with Gasteiger partial charge in [-0.1, -0.05) is 6.92 Å². The van der Waals surface area contributed by atoms with Crippen molar-refractivity contribution in [3.05, 3.63) is 18.7 Å². The smallest absolute Gasteiger partial charge is 0.321 e. The largest absolute Gasteiger partial charge is 0.329 e. The Bertz CT molecular complexity index is 343. The van der Waals surface area contributed by atoms with Gasteiger partial charge in [0.05, 0.1) is 0 Å². The van der Waals surface area contributed by atoms with Crippen LogP contribution in [0.25, 0.3) is 0 Å². The van der Waals surface area contributed by atoms with E-state index in [4.69, 9.17) is 0 Å². The highest BCUT2D eigenvalue weighted by molar-refractivity contribution is 5.77. The molecule has 1 amide bonds. The number of piperidine rings is 1. The highest BCUT2D eigenvalue weighted by Crippen LogP contribution is 2.14. The van der Waals surface area contributed by atoms with Gasteiger partial charge in [-0.15, -0.1) is 0 Å². The van der Waals surface area contributed by atoms with Crippen LogP contribution in [0.2, 0.25) is 0 Å². The normalized spacial score (nSPS) is 17.0. The van der Waals surface area contributed by atoms with Crippen molar-refractivity contribution in [2.45, 2.75) is 32.2 Å². The number of imidazole rings is 1. The quantitative estimate of drug-likeness (QED) is 0.861. The number of hydrogen-bond donors (Lipinski definition) is 1. The van der Waals surface area contributed by atoms with E-state index < -0.39 is 0 Å². The van der Waals surface area contributed by atoms with Gasteiger partial charge in [-0.2, -0.15) is 0 Å². The molecule has 0 bridgehead atoms. The van der Waals surface area contributed by atoms with Crippen molar-refractivity contribution in [1.82, 2.24) is 19.8 Å². The van der Waals surface area contributed by atoms with Crippen molar-refractivity contribution in [3.63, 3.8) is 0 Å². The third-order valence-electron chi connectivity index (χ3n) is 3.18. The van der Waals surface area contributed by atoms with Crippen molar-refractivity contribution in [1.29, 1.82) is 0 Å². The number of aromatic nitrogens is 2.